The molecule has 0 spiro atoms. The molecule has 0 bridgehead atoms. The van der Waals surface area contributed by atoms with Gasteiger partial charge in [-0.15, -0.1) is 11.8 Å². The Balaban J connectivity index is 2.91. The molecule has 0 heterocycles. The standard InChI is InChI=1S/C10H13FINOS/c1-5(14)6(2)15-10-3-7(11)8(12)4-9(10)13/h3-6,14H,13H2,1-2H3. The number of hydrogen-bond donors (Lipinski definition) is 2. The summed E-state index contributed by atoms with van der Waals surface area (Å²) >= 11 is 3.28. The number of nitrogen functional groups attached to an aromatic ring is 1. The summed E-state index contributed by atoms with van der Waals surface area (Å²) in [6.07, 6.45) is -0.447. The number of anilines is 1. The molecular weight excluding hydrogens is 328 g/mol. The molecule has 1 rings (SSSR count). The molecule has 3 N–H and O–H groups in total. The number of hydrogen-bond acceptors (Lipinski definition) is 3. The van der Waals surface area contributed by atoms with E-state index in [-0.39, 0.29) is 11.1 Å². The number of aliphatic hydroxyl groups is 1. The molecule has 84 valence electrons. The third-order valence-corrected chi connectivity index (χ3v) is 4.24. The van der Waals surface area contributed by atoms with E-state index in [9.17, 15) is 9.50 Å². The van der Waals surface area contributed by atoms with E-state index >= 15 is 0 Å². The van der Waals surface area contributed by atoms with Crippen LogP contribution in [0.3, 0.4) is 0 Å². The number of halogens is 2. The maximum atomic E-state index is 13.3. The number of aliphatic hydroxyl groups excluding tert-OH is 1. The van der Waals surface area contributed by atoms with Gasteiger partial charge in [-0.3, -0.25) is 0 Å². The highest BCUT2D eigenvalue weighted by Crippen LogP contribution is 2.32. The fourth-order valence-electron chi connectivity index (χ4n) is 0.945. The molecule has 15 heavy (non-hydrogen) atoms. The Kier molecular flexibility index (Phi) is 4.66. The van der Waals surface area contributed by atoms with Crippen molar-refractivity contribution in [2.45, 2.75) is 30.1 Å². The Labute approximate surface area is 107 Å². The first-order valence-electron chi connectivity index (χ1n) is 4.51. The van der Waals surface area contributed by atoms with Crippen molar-refractivity contribution >= 4 is 40.0 Å². The number of rotatable bonds is 3. The number of nitrogens with two attached hydrogens (primary N) is 1. The predicted molar refractivity (Wildman–Crippen MR) is 70.5 cm³/mol. The van der Waals surface area contributed by atoms with Gasteiger partial charge >= 0.3 is 0 Å². The van der Waals surface area contributed by atoms with Crippen LogP contribution >= 0.6 is 34.4 Å². The van der Waals surface area contributed by atoms with Gasteiger partial charge in [-0.1, -0.05) is 6.92 Å². The molecule has 0 aliphatic rings. The Morgan fingerprint density at radius 1 is 1.47 bits per heavy atom. The second-order valence-corrected chi connectivity index (χ2v) is 5.95. The van der Waals surface area contributed by atoms with Crippen molar-refractivity contribution in [2.24, 2.45) is 0 Å². The zero-order valence-corrected chi connectivity index (χ0v) is 11.5. The van der Waals surface area contributed by atoms with Gasteiger partial charge in [-0.05, 0) is 41.6 Å². The molecule has 0 saturated heterocycles. The smallest absolute Gasteiger partial charge is 0.137 e. The molecule has 2 unspecified atom stereocenters. The van der Waals surface area contributed by atoms with Gasteiger partial charge in [-0.2, -0.15) is 0 Å². The molecule has 0 amide bonds. The lowest BCUT2D eigenvalue weighted by molar-refractivity contribution is 0.196. The third kappa shape index (κ3) is 3.49. The van der Waals surface area contributed by atoms with E-state index in [1.54, 1.807) is 13.0 Å². The van der Waals surface area contributed by atoms with Gasteiger partial charge in [0.25, 0.3) is 0 Å². The molecule has 0 aliphatic carbocycles. The van der Waals surface area contributed by atoms with Crippen molar-refractivity contribution in [2.75, 3.05) is 5.73 Å². The maximum absolute atomic E-state index is 13.3. The molecule has 2 nitrogen and oxygen atoms in total. The van der Waals surface area contributed by atoms with Crippen LogP contribution in [0.2, 0.25) is 0 Å². The fraction of sp³-hybridized carbons (Fsp3) is 0.400. The summed E-state index contributed by atoms with van der Waals surface area (Å²) in [5.74, 6) is -0.273. The van der Waals surface area contributed by atoms with Gasteiger partial charge in [-0.25, -0.2) is 4.39 Å². The average Bonchev–Trinajstić information content (AvgIpc) is 2.13. The minimum absolute atomic E-state index is 0.00763. The van der Waals surface area contributed by atoms with E-state index in [0.717, 1.165) is 0 Å². The summed E-state index contributed by atoms with van der Waals surface area (Å²) in [6.45, 7) is 3.58. The van der Waals surface area contributed by atoms with Gasteiger partial charge < -0.3 is 10.8 Å². The lowest BCUT2D eigenvalue weighted by Crippen LogP contribution is -2.15. The topological polar surface area (TPSA) is 46.2 Å². The van der Waals surface area contributed by atoms with Crippen LogP contribution < -0.4 is 5.73 Å². The molecule has 0 radical (unpaired) electrons. The van der Waals surface area contributed by atoms with Gasteiger partial charge in [0.1, 0.15) is 5.82 Å². The minimum atomic E-state index is -0.447. The zero-order chi connectivity index (χ0) is 11.6. The van der Waals surface area contributed by atoms with Crippen LogP contribution in [-0.2, 0) is 0 Å². The lowest BCUT2D eigenvalue weighted by atomic mass is 10.3. The normalized spacial score (nSPS) is 15.0. The van der Waals surface area contributed by atoms with E-state index in [4.69, 9.17) is 5.73 Å². The minimum Gasteiger partial charge on any atom is -0.398 e. The van der Waals surface area contributed by atoms with E-state index in [1.165, 1.54) is 17.8 Å². The first-order chi connectivity index (χ1) is 6.91. The largest absolute Gasteiger partial charge is 0.398 e. The lowest BCUT2D eigenvalue weighted by Gasteiger charge is -2.15. The van der Waals surface area contributed by atoms with Gasteiger partial charge in [0.2, 0.25) is 0 Å². The van der Waals surface area contributed by atoms with Crippen LogP contribution in [-0.4, -0.2) is 16.5 Å². The van der Waals surface area contributed by atoms with Crippen molar-refractivity contribution < 1.29 is 9.50 Å². The summed E-state index contributed by atoms with van der Waals surface area (Å²) < 4.78 is 13.8. The highest BCUT2D eigenvalue weighted by atomic mass is 127. The molecule has 0 aromatic heterocycles. The highest BCUT2D eigenvalue weighted by molar-refractivity contribution is 14.1. The molecule has 5 heteroatoms. The Morgan fingerprint density at radius 3 is 2.60 bits per heavy atom. The molecule has 2 atom stereocenters. The van der Waals surface area contributed by atoms with Crippen LogP contribution in [0.25, 0.3) is 0 Å². The molecule has 1 aromatic carbocycles. The van der Waals surface area contributed by atoms with E-state index in [0.29, 0.717) is 14.2 Å². The van der Waals surface area contributed by atoms with Crippen LogP contribution in [0, 0.1) is 9.39 Å². The average molecular weight is 341 g/mol. The summed E-state index contributed by atoms with van der Waals surface area (Å²) in [5, 5.41) is 9.33. The second-order valence-electron chi connectivity index (χ2n) is 3.37. The van der Waals surface area contributed by atoms with Crippen molar-refractivity contribution in [3.05, 3.63) is 21.5 Å². The molecule has 1 aromatic rings. The fourth-order valence-corrected chi connectivity index (χ4v) is 2.40. The molecule has 0 fully saturated rings. The van der Waals surface area contributed by atoms with Crippen molar-refractivity contribution in [1.82, 2.24) is 0 Å². The monoisotopic (exact) mass is 341 g/mol. The van der Waals surface area contributed by atoms with Gasteiger partial charge in [0.15, 0.2) is 0 Å². The number of thioether (sulfide) groups is 1. The zero-order valence-electron chi connectivity index (χ0n) is 8.50. The van der Waals surface area contributed by atoms with Crippen molar-refractivity contribution in [3.8, 4) is 0 Å². The molecular formula is C10H13FINOS. The Bertz CT molecular complexity index is 360. The van der Waals surface area contributed by atoms with E-state index in [2.05, 4.69) is 0 Å². The maximum Gasteiger partial charge on any atom is 0.137 e. The van der Waals surface area contributed by atoms with E-state index < -0.39 is 6.10 Å². The third-order valence-electron chi connectivity index (χ3n) is 2.04. The SMILES string of the molecule is CC(O)C(C)Sc1cc(F)c(I)cc1N. The first-order valence-corrected chi connectivity index (χ1v) is 6.47. The number of benzene rings is 1. The molecule has 0 saturated carbocycles. The Hall–Kier alpha value is -0.0100. The van der Waals surface area contributed by atoms with Crippen LogP contribution in [0.15, 0.2) is 17.0 Å². The van der Waals surface area contributed by atoms with Crippen LogP contribution in [0.5, 0.6) is 0 Å². The second kappa shape index (κ2) is 5.36. The van der Waals surface area contributed by atoms with Gasteiger partial charge in [0.05, 0.1) is 9.67 Å². The summed E-state index contributed by atoms with van der Waals surface area (Å²) in [7, 11) is 0. The Morgan fingerprint density at radius 2 is 2.07 bits per heavy atom. The van der Waals surface area contributed by atoms with Crippen molar-refractivity contribution in [3.63, 3.8) is 0 Å². The summed E-state index contributed by atoms with van der Waals surface area (Å²) in [5.41, 5.74) is 6.32. The van der Waals surface area contributed by atoms with Gasteiger partial charge in [0, 0.05) is 15.8 Å². The first kappa shape index (κ1) is 13.1. The van der Waals surface area contributed by atoms with E-state index in [1.807, 2.05) is 29.5 Å². The van der Waals surface area contributed by atoms with Crippen molar-refractivity contribution in [1.29, 1.82) is 0 Å². The quantitative estimate of drug-likeness (QED) is 0.505. The summed E-state index contributed by atoms with van der Waals surface area (Å²) in [4.78, 5) is 0.682. The highest BCUT2D eigenvalue weighted by Gasteiger charge is 2.14. The van der Waals surface area contributed by atoms with Crippen LogP contribution in [0.4, 0.5) is 10.1 Å². The molecule has 0 aliphatic heterocycles. The summed E-state index contributed by atoms with van der Waals surface area (Å²) in [6, 6.07) is 3.02. The predicted octanol–water partition coefficient (Wildman–Crippen LogP) is 2.87. The van der Waals surface area contributed by atoms with Crippen LogP contribution in [0.1, 0.15) is 13.8 Å².